The zero-order chi connectivity index (χ0) is 21.7. The number of amides is 3. The van der Waals surface area contributed by atoms with Crippen LogP contribution in [0, 0.1) is 5.92 Å². The van der Waals surface area contributed by atoms with Gasteiger partial charge in [-0.1, -0.05) is 41.4 Å². The lowest BCUT2D eigenvalue weighted by molar-refractivity contribution is -0.151. The van der Waals surface area contributed by atoms with E-state index in [0.29, 0.717) is 10.7 Å². The maximum atomic E-state index is 12.3. The highest BCUT2D eigenvalue weighted by atomic mass is 35.5. The molecule has 0 aromatic heterocycles. The van der Waals surface area contributed by atoms with E-state index in [1.54, 1.807) is 30.3 Å². The Morgan fingerprint density at radius 3 is 2.53 bits per heavy atom. The molecule has 0 aliphatic carbocycles. The summed E-state index contributed by atoms with van der Waals surface area (Å²) in [6.07, 6.45) is -0.145. The molecular weight excluding hydrogens is 433 g/mol. The number of halogens is 2. The zero-order valence-corrected chi connectivity index (χ0v) is 17.1. The molecule has 8 nitrogen and oxygen atoms in total. The molecule has 0 saturated carbocycles. The van der Waals surface area contributed by atoms with E-state index in [2.05, 4.69) is 10.7 Å². The van der Waals surface area contributed by atoms with E-state index in [1.807, 2.05) is 0 Å². The highest BCUT2D eigenvalue weighted by Crippen LogP contribution is 2.22. The predicted octanol–water partition coefficient (Wildman–Crippen LogP) is 2.67. The number of ether oxygens (including phenoxy) is 1. The first kappa shape index (κ1) is 21.6. The highest BCUT2D eigenvalue weighted by Gasteiger charge is 2.37. The summed E-state index contributed by atoms with van der Waals surface area (Å²) in [7, 11) is 0. The van der Waals surface area contributed by atoms with E-state index < -0.39 is 36.2 Å². The molecular formula is C20H17Cl2N3O5. The van der Waals surface area contributed by atoms with Crippen molar-refractivity contribution in [1.29, 1.82) is 0 Å². The Hall–Kier alpha value is -3.10. The van der Waals surface area contributed by atoms with Crippen LogP contribution in [0.5, 0.6) is 0 Å². The monoisotopic (exact) mass is 449 g/mol. The molecule has 2 aromatic rings. The lowest BCUT2D eigenvalue weighted by atomic mass is 10.1. The lowest BCUT2D eigenvalue weighted by Crippen LogP contribution is -2.43. The molecule has 3 rings (SSSR count). The van der Waals surface area contributed by atoms with Crippen LogP contribution in [-0.2, 0) is 19.1 Å². The van der Waals surface area contributed by atoms with Gasteiger partial charge in [0.25, 0.3) is 11.8 Å². The Morgan fingerprint density at radius 1 is 1.10 bits per heavy atom. The van der Waals surface area contributed by atoms with Crippen molar-refractivity contribution in [3.05, 3.63) is 64.1 Å². The van der Waals surface area contributed by atoms with Gasteiger partial charge in [0.1, 0.15) is 0 Å². The average molecular weight is 450 g/mol. The van der Waals surface area contributed by atoms with Crippen LogP contribution in [0.2, 0.25) is 10.0 Å². The van der Waals surface area contributed by atoms with Crippen LogP contribution in [0.1, 0.15) is 16.8 Å². The van der Waals surface area contributed by atoms with Crippen molar-refractivity contribution in [2.75, 3.05) is 18.5 Å². The van der Waals surface area contributed by atoms with E-state index in [4.69, 9.17) is 27.9 Å². The highest BCUT2D eigenvalue weighted by molar-refractivity contribution is 6.36. The van der Waals surface area contributed by atoms with E-state index in [-0.39, 0.29) is 23.6 Å². The molecule has 156 valence electrons. The lowest BCUT2D eigenvalue weighted by Gasteiger charge is -2.18. The third-order valence-corrected chi connectivity index (χ3v) is 4.82. The summed E-state index contributed by atoms with van der Waals surface area (Å²) in [5.74, 6) is -3.07. The number of carbonyl (C=O) groups excluding carboxylic acids is 4. The number of rotatable bonds is 6. The van der Waals surface area contributed by atoms with Crippen molar-refractivity contribution < 1.29 is 23.9 Å². The van der Waals surface area contributed by atoms with Crippen LogP contribution in [0.15, 0.2) is 48.5 Å². The van der Waals surface area contributed by atoms with Crippen molar-refractivity contribution in [3.63, 3.8) is 0 Å². The summed E-state index contributed by atoms with van der Waals surface area (Å²) in [6, 6.07) is 13.0. The Balaban J connectivity index is 1.50. The van der Waals surface area contributed by atoms with Crippen LogP contribution in [0.4, 0.5) is 5.69 Å². The van der Waals surface area contributed by atoms with Crippen LogP contribution in [0.3, 0.4) is 0 Å². The molecule has 0 bridgehead atoms. The molecule has 1 fully saturated rings. The molecule has 2 N–H and O–H groups in total. The smallest absolute Gasteiger partial charge is 0.311 e. The minimum atomic E-state index is -0.803. The van der Waals surface area contributed by atoms with Gasteiger partial charge in [-0.15, -0.1) is 0 Å². The number of hydrazine groups is 1. The van der Waals surface area contributed by atoms with Gasteiger partial charge < -0.3 is 10.1 Å². The Labute approximate surface area is 182 Å². The van der Waals surface area contributed by atoms with Gasteiger partial charge in [-0.3, -0.25) is 29.6 Å². The third kappa shape index (κ3) is 5.49. The maximum absolute atomic E-state index is 12.3. The van der Waals surface area contributed by atoms with E-state index >= 15 is 0 Å². The fraction of sp³-hybridized carbons (Fsp3) is 0.200. The van der Waals surface area contributed by atoms with E-state index in [9.17, 15) is 19.2 Å². The van der Waals surface area contributed by atoms with Crippen molar-refractivity contribution in [2.45, 2.75) is 6.42 Å². The molecule has 0 unspecified atom stereocenters. The summed E-state index contributed by atoms with van der Waals surface area (Å²) >= 11 is 11.8. The molecule has 2 aromatic carbocycles. The summed E-state index contributed by atoms with van der Waals surface area (Å²) < 4.78 is 5.00. The van der Waals surface area contributed by atoms with Crippen molar-refractivity contribution in [1.82, 2.24) is 10.4 Å². The Kier molecular flexibility index (Phi) is 6.91. The van der Waals surface area contributed by atoms with Gasteiger partial charge in [-0.25, -0.2) is 0 Å². The molecule has 1 heterocycles. The standard InChI is InChI=1S/C20H17Cl2N3O5/c21-13-6-7-15(16(22)9-13)19(28)24-25-10-12(8-18(25)27)20(29)30-11-17(26)23-14-4-2-1-3-5-14/h1-7,9,12H,8,10-11H2,(H,23,26)(H,24,28)/t12-/m1/s1. The largest absolute Gasteiger partial charge is 0.455 e. The van der Waals surface area contributed by atoms with E-state index in [1.165, 1.54) is 18.2 Å². The number of nitrogens with one attached hydrogen (secondary N) is 2. The van der Waals surface area contributed by atoms with Crippen LogP contribution >= 0.6 is 23.2 Å². The quantitative estimate of drug-likeness (QED) is 0.659. The molecule has 1 aliphatic rings. The first-order valence-corrected chi connectivity index (χ1v) is 9.67. The minimum absolute atomic E-state index is 0.0745. The summed E-state index contributed by atoms with van der Waals surface area (Å²) in [5, 5.41) is 4.12. The number of carbonyl (C=O) groups is 4. The van der Waals surface area contributed by atoms with Crippen molar-refractivity contribution in [2.24, 2.45) is 5.92 Å². The first-order chi connectivity index (χ1) is 14.3. The topological polar surface area (TPSA) is 105 Å². The molecule has 1 aliphatic heterocycles. The fourth-order valence-electron chi connectivity index (χ4n) is 2.80. The molecule has 30 heavy (non-hydrogen) atoms. The molecule has 3 amide bonds. The second-order valence-electron chi connectivity index (χ2n) is 6.49. The molecule has 0 spiro atoms. The van der Waals surface area contributed by atoms with Gasteiger partial charge in [0.05, 0.1) is 23.0 Å². The normalized spacial score (nSPS) is 15.6. The second kappa shape index (κ2) is 9.60. The molecule has 0 radical (unpaired) electrons. The molecule has 1 saturated heterocycles. The van der Waals surface area contributed by atoms with Gasteiger partial charge in [0, 0.05) is 17.1 Å². The number of anilines is 1. The summed E-state index contributed by atoms with van der Waals surface area (Å²) in [6.45, 7) is -0.555. The van der Waals surface area contributed by atoms with Gasteiger partial charge in [-0.05, 0) is 30.3 Å². The Bertz CT molecular complexity index is 984. The third-order valence-electron chi connectivity index (χ3n) is 4.27. The maximum Gasteiger partial charge on any atom is 0.311 e. The van der Waals surface area contributed by atoms with Crippen molar-refractivity contribution in [3.8, 4) is 0 Å². The number of para-hydroxylation sites is 1. The van der Waals surface area contributed by atoms with Crippen LogP contribution < -0.4 is 10.7 Å². The van der Waals surface area contributed by atoms with E-state index in [0.717, 1.165) is 5.01 Å². The van der Waals surface area contributed by atoms with Crippen LogP contribution in [0.25, 0.3) is 0 Å². The Morgan fingerprint density at radius 2 is 1.83 bits per heavy atom. The molecule has 10 heteroatoms. The number of esters is 1. The van der Waals surface area contributed by atoms with Gasteiger partial charge >= 0.3 is 5.97 Å². The SMILES string of the molecule is O=C(COC(=O)[C@@H]1CC(=O)N(NC(=O)c2ccc(Cl)cc2Cl)C1)Nc1ccccc1. The minimum Gasteiger partial charge on any atom is -0.455 e. The van der Waals surface area contributed by atoms with Gasteiger partial charge in [0.15, 0.2) is 6.61 Å². The average Bonchev–Trinajstić information content (AvgIpc) is 3.07. The number of hydrogen-bond donors (Lipinski definition) is 2. The zero-order valence-electron chi connectivity index (χ0n) is 15.6. The second-order valence-corrected chi connectivity index (χ2v) is 7.34. The first-order valence-electron chi connectivity index (χ1n) is 8.91. The van der Waals surface area contributed by atoms with Crippen molar-refractivity contribution >= 4 is 52.6 Å². The number of benzene rings is 2. The number of nitrogens with zero attached hydrogens (tertiary/aromatic N) is 1. The fourth-order valence-corrected chi connectivity index (χ4v) is 3.30. The van der Waals surface area contributed by atoms with Crippen LogP contribution in [-0.4, -0.2) is 41.9 Å². The van der Waals surface area contributed by atoms with Gasteiger partial charge in [-0.2, -0.15) is 0 Å². The summed E-state index contributed by atoms with van der Waals surface area (Å²) in [5.41, 5.74) is 3.13. The summed E-state index contributed by atoms with van der Waals surface area (Å²) in [4.78, 5) is 48.6. The number of hydrogen-bond acceptors (Lipinski definition) is 5. The van der Waals surface area contributed by atoms with Gasteiger partial charge in [0.2, 0.25) is 5.91 Å². The molecule has 1 atom stereocenters. The predicted molar refractivity (Wildman–Crippen MR) is 110 cm³/mol.